The third-order valence-corrected chi connectivity index (χ3v) is 16.5. The van der Waals surface area contributed by atoms with E-state index >= 15 is 0 Å². The molecular formula is C77H63N. The maximum absolute atomic E-state index is 2.43. The summed E-state index contributed by atoms with van der Waals surface area (Å²) in [6.07, 6.45) is 27.7. The molecule has 0 aliphatic heterocycles. The predicted octanol–water partition coefficient (Wildman–Crippen LogP) is 20.7. The van der Waals surface area contributed by atoms with Crippen LogP contribution in [-0.4, -0.2) is 4.57 Å². The van der Waals surface area contributed by atoms with Crippen molar-refractivity contribution in [2.75, 3.05) is 0 Å². The first kappa shape index (κ1) is 48.6. The van der Waals surface area contributed by atoms with E-state index in [9.17, 15) is 0 Å². The van der Waals surface area contributed by atoms with Gasteiger partial charge in [0.25, 0.3) is 0 Å². The van der Waals surface area contributed by atoms with Crippen LogP contribution in [0.3, 0.4) is 0 Å². The van der Waals surface area contributed by atoms with Gasteiger partial charge < -0.3 is 4.57 Å². The van der Waals surface area contributed by atoms with Gasteiger partial charge in [0.2, 0.25) is 0 Å². The van der Waals surface area contributed by atoms with Crippen LogP contribution in [0.15, 0.2) is 277 Å². The van der Waals surface area contributed by atoms with Crippen LogP contribution in [0.1, 0.15) is 91.0 Å². The smallest absolute Gasteiger partial charge is 0.0725 e. The zero-order valence-electron chi connectivity index (χ0n) is 45.1. The summed E-state index contributed by atoms with van der Waals surface area (Å²) in [5.41, 5.74) is 27.6. The van der Waals surface area contributed by atoms with Gasteiger partial charge in [-0.2, -0.15) is 0 Å². The van der Waals surface area contributed by atoms with E-state index in [1.54, 1.807) is 0 Å². The molecule has 5 aliphatic rings. The van der Waals surface area contributed by atoms with E-state index in [0.717, 1.165) is 25.7 Å². The van der Waals surface area contributed by atoms with Crippen molar-refractivity contribution in [3.8, 4) is 27.9 Å². The molecule has 1 aromatic heterocycles. The Morgan fingerprint density at radius 2 is 1.15 bits per heavy atom. The minimum absolute atomic E-state index is 0.354. The van der Waals surface area contributed by atoms with Gasteiger partial charge in [0.1, 0.15) is 0 Å². The molecule has 0 unspecified atom stereocenters. The zero-order valence-corrected chi connectivity index (χ0v) is 45.1. The lowest BCUT2D eigenvalue weighted by Gasteiger charge is -2.31. The third kappa shape index (κ3) is 7.91. The van der Waals surface area contributed by atoms with Crippen LogP contribution < -0.4 is 0 Å². The minimum atomic E-state index is -0.354. The molecule has 0 saturated heterocycles. The minimum Gasteiger partial charge on any atom is -0.309 e. The van der Waals surface area contributed by atoms with Gasteiger partial charge in [0.15, 0.2) is 0 Å². The summed E-state index contributed by atoms with van der Waals surface area (Å²) in [4.78, 5) is 0. The third-order valence-electron chi connectivity index (χ3n) is 16.5. The van der Waals surface area contributed by atoms with Gasteiger partial charge in [0, 0.05) is 16.5 Å². The molecule has 0 fully saturated rings. The average molecular weight is 1000 g/mol. The maximum atomic E-state index is 2.43. The van der Waals surface area contributed by atoms with Crippen LogP contribution in [0.25, 0.3) is 77.7 Å². The van der Waals surface area contributed by atoms with Gasteiger partial charge in [-0.15, -0.1) is 0 Å². The first-order valence-corrected chi connectivity index (χ1v) is 28.2. The summed E-state index contributed by atoms with van der Waals surface area (Å²) in [7, 11) is 0. The number of hydrogen-bond donors (Lipinski definition) is 0. The van der Waals surface area contributed by atoms with Crippen molar-refractivity contribution in [3.05, 3.63) is 322 Å². The SMILES string of the molecule is C/C=C/C1=C(/C=C\c2ccc3c(c2)c2ccccc2n3-c2ccc3ccccc3c2)c2ccccc2C12c1ccccc1-c1ccccc12.CC.Cc1ccc2c(c1)/C(=C(/C1=CCCC=C1)C1=CC=CCC1)c1ccccc1-2. The van der Waals surface area contributed by atoms with Crippen molar-refractivity contribution in [1.29, 1.82) is 0 Å². The lowest BCUT2D eigenvalue weighted by molar-refractivity contribution is 0.786. The monoisotopic (exact) mass is 1000 g/mol. The van der Waals surface area contributed by atoms with Gasteiger partial charge in [-0.05, 0) is 175 Å². The van der Waals surface area contributed by atoms with Crippen molar-refractivity contribution < 1.29 is 0 Å². The molecule has 9 aromatic carbocycles. The van der Waals surface area contributed by atoms with E-state index in [-0.39, 0.29) is 5.41 Å². The van der Waals surface area contributed by atoms with E-state index in [1.165, 1.54) is 138 Å². The lowest BCUT2D eigenvalue weighted by Crippen LogP contribution is -2.26. The number of aromatic nitrogens is 1. The number of hydrogen-bond acceptors (Lipinski definition) is 0. The molecule has 0 N–H and O–H groups in total. The Bertz CT molecular complexity index is 4250. The van der Waals surface area contributed by atoms with E-state index in [4.69, 9.17) is 0 Å². The molecule has 0 radical (unpaired) electrons. The summed E-state index contributed by atoms with van der Waals surface area (Å²) >= 11 is 0. The highest BCUT2D eigenvalue weighted by Crippen LogP contribution is 2.62. The molecule has 78 heavy (non-hydrogen) atoms. The number of rotatable bonds is 6. The second kappa shape index (κ2) is 20.5. The average Bonchev–Trinajstić information content (AvgIpc) is 4.35. The zero-order chi connectivity index (χ0) is 52.7. The Balaban J connectivity index is 0.000000168. The van der Waals surface area contributed by atoms with Gasteiger partial charge in [-0.25, -0.2) is 0 Å². The van der Waals surface area contributed by atoms with Crippen molar-refractivity contribution in [3.63, 3.8) is 0 Å². The molecule has 0 atom stereocenters. The summed E-state index contributed by atoms with van der Waals surface area (Å²) in [6, 6.07) is 73.9. The normalized spacial score (nSPS) is 15.9. The standard InChI is InChI=1S/C48H33N.C27H24.C2H6/c1-2-13-42-39(38-18-7-11-22-45(38)48(42)43-20-9-5-16-36(43)37-17-6-10-21-44(37)48)28-24-32-25-29-47-41(30-32)40-19-8-12-23-46(40)49(47)35-27-26-33-14-3-4-15-34(33)31-35;1-19-16-17-23-22-14-8-9-15-24(22)27(25(23)18-19)26(20-10-4-2-5-11-20)21-12-6-3-7-13-21;1-2/h2-31H,1H3;2,4,6,8-10,12-18H,3,5,7,11H2,1H3;1-2H3/b13-2+,28-24-;27-26+;. The quantitative estimate of drug-likeness (QED) is 0.156. The molecule has 1 heterocycles. The Labute approximate surface area is 460 Å². The van der Waals surface area contributed by atoms with Crippen molar-refractivity contribution in [2.24, 2.45) is 0 Å². The Morgan fingerprint density at radius 3 is 1.88 bits per heavy atom. The second-order valence-electron chi connectivity index (χ2n) is 20.9. The van der Waals surface area contributed by atoms with Crippen LogP contribution in [0, 0.1) is 6.92 Å². The molecule has 0 amide bonds. The summed E-state index contributed by atoms with van der Waals surface area (Å²) in [5.74, 6) is 0. The van der Waals surface area contributed by atoms with E-state index in [0.29, 0.717) is 0 Å². The number of nitrogens with zero attached hydrogens (tertiary/aromatic N) is 1. The highest BCUT2D eigenvalue weighted by molar-refractivity contribution is 6.10. The topological polar surface area (TPSA) is 4.93 Å². The number of benzene rings is 9. The molecule has 10 aromatic rings. The molecule has 1 heteroatoms. The first-order valence-electron chi connectivity index (χ1n) is 28.2. The van der Waals surface area contributed by atoms with E-state index in [1.807, 2.05) is 13.8 Å². The second-order valence-corrected chi connectivity index (χ2v) is 20.9. The summed E-state index contributed by atoms with van der Waals surface area (Å²) in [6.45, 7) is 8.33. The molecule has 0 saturated carbocycles. The molecule has 376 valence electrons. The van der Waals surface area contributed by atoms with Gasteiger partial charge in [-0.3, -0.25) is 0 Å². The van der Waals surface area contributed by atoms with Gasteiger partial charge in [0.05, 0.1) is 16.4 Å². The fraction of sp³-hybridized carbons (Fsp3) is 0.117. The van der Waals surface area contributed by atoms with Crippen LogP contribution in [0.2, 0.25) is 0 Å². The fourth-order valence-corrected chi connectivity index (χ4v) is 13.3. The molecular weight excluding hydrogens is 939 g/mol. The Morgan fingerprint density at radius 1 is 0.500 bits per heavy atom. The van der Waals surface area contributed by atoms with Crippen LogP contribution in [-0.2, 0) is 5.41 Å². The predicted molar refractivity (Wildman–Crippen MR) is 334 cm³/mol. The van der Waals surface area contributed by atoms with Gasteiger partial charge in [-0.1, -0.05) is 250 Å². The Hall–Kier alpha value is -9.04. The van der Waals surface area contributed by atoms with Crippen molar-refractivity contribution >= 4 is 49.8 Å². The molecule has 0 bridgehead atoms. The van der Waals surface area contributed by atoms with E-state index in [2.05, 4.69) is 279 Å². The molecule has 1 spiro atoms. The Kier molecular flexibility index (Phi) is 12.8. The highest BCUT2D eigenvalue weighted by Gasteiger charge is 2.51. The van der Waals surface area contributed by atoms with Crippen LogP contribution in [0.5, 0.6) is 0 Å². The number of allylic oxidation sites excluding steroid dienone is 14. The summed E-state index contributed by atoms with van der Waals surface area (Å²) < 4.78 is 2.41. The molecule has 15 rings (SSSR count). The molecule has 5 aliphatic carbocycles. The lowest BCUT2D eigenvalue weighted by atomic mass is 9.69. The van der Waals surface area contributed by atoms with Crippen LogP contribution in [0.4, 0.5) is 0 Å². The van der Waals surface area contributed by atoms with Gasteiger partial charge >= 0.3 is 0 Å². The maximum Gasteiger partial charge on any atom is 0.0725 e. The van der Waals surface area contributed by atoms with E-state index < -0.39 is 0 Å². The molecule has 1 nitrogen and oxygen atoms in total. The summed E-state index contributed by atoms with van der Waals surface area (Å²) in [5, 5.41) is 5.03. The number of para-hydroxylation sites is 1. The largest absolute Gasteiger partial charge is 0.309 e. The van der Waals surface area contributed by atoms with Crippen LogP contribution >= 0.6 is 0 Å². The fourth-order valence-electron chi connectivity index (χ4n) is 13.3. The van der Waals surface area contributed by atoms with Crippen molar-refractivity contribution in [1.82, 2.24) is 4.57 Å². The number of aryl methyl sites for hydroxylation is 1. The first-order chi connectivity index (χ1) is 38.6. The highest BCUT2D eigenvalue weighted by atomic mass is 15.0. The number of fused-ring (bicyclic) bond motifs is 14. The van der Waals surface area contributed by atoms with Crippen molar-refractivity contribution in [2.45, 2.75) is 58.8 Å².